The van der Waals surface area contributed by atoms with Crippen molar-refractivity contribution in [1.82, 2.24) is 0 Å². The summed E-state index contributed by atoms with van der Waals surface area (Å²) < 4.78 is 2.91. The number of rotatable bonds is 0. The Labute approximate surface area is 198 Å². The molecular formula is C31H48N+. The van der Waals surface area contributed by atoms with Crippen LogP contribution in [0.25, 0.3) is 0 Å². The average Bonchev–Trinajstić information content (AvgIpc) is 3.65. The summed E-state index contributed by atoms with van der Waals surface area (Å²) in [7, 11) is 0. The quantitative estimate of drug-likeness (QED) is 0.366. The molecular weight excluding hydrogens is 386 g/mol. The molecule has 3 aliphatic carbocycles. The summed E-state index contributed by atoms with van der Waals surface area (Å²) in [5.41, 5.74) is 8.82. The van der Waals surface area contributed by atoms with Crippen molar-refractivity contribution in [2.45, 2.75) is 118 Å². The van der Waals surface area contributed by atoms with E-state index in [2.05, 4.69) is 41.0 Å². The predicted molar refractivity (Wildman–Crippen MR) is 139 cm³/mol. The molecule has 1 spiro atoms. The van der Waals surface area contributed by atoms with E-state index in [9.17, 15) is 0 Å². The van der Waals surface area contributed by atoms with Crippen molar-refractivity contribution in [3.8, 4) is 0 Å². The molecule has 0 saturated heterocycles. The first-order valence-corrected chi connectivity index (χ1v) is 14.1. The van der Waals surface area contributed by atoms with Gasteiger partial charge in [-0.1, -0.05) is 86.4 Å². The van der Waals surface area contributed by atoms with Crippen LogP contribution in [0.4, 0.5) is 0 Å². The Morgan fingerprint density at radius 1 is 0.688 bits per heavy atom. The highest BCUT2D eigenvalue weighted by atomic mass is 15.2. The van der Waals surface area contributed by atoms with Gasteiger partial charge >= 0.3 is 0 Å². The highest BCUT2D eigenvalue weighted by Gasteiger charge is 2.72. The molecule has 0 bridgehead atoms. The molecule has 7 rings (SSSR count). The molecule has 0 N–H and O–H groups in total. The Hall–Kier alpha value is -1.63. The molecule has 1 aromatic carbocycles. The molecule has 3 heterocycles. The van der Waals surface area contributed by atoms with Crippen molar-refractivity contribution < 1.29 is 4.57 Å². The van der Waals surface area contributed by atoms with Crippen LogP contribution in [-0.4, -0.2) is 0 Å². The zero-order valence-corrected chi connectivity index (χ0v) is 22.2. The molecule has 2 aliphatic heterocycles. The summed E-state index contributed by atoms with van der Waals surface area (Å²) in [6.07, 6.45) is 9.78. The summed E-state index contributed by atoms with van der Waals surface area (Å²) >= 11 is 0. The van der Waals surface area contributed by atoms with E-state index in [4.69, 9.17) is 0 Å². The molecule has 2 aromatic rings. The number of aromatic nitrogens is 1. The van der Waals surface area contributed by atoms with Crippen LogP contribution in [0.2, 0.25) is 0 Å². The summed E-state index contributed by atoms with van der Waals surface area (Å²) in [5, 5.41) is 0. The van der Waals surface area contributed by atoms with E-state index in [0.29, 0.717) is 5.54 Å². The van der Waals surface area contributed by atoms with Crippen LogP contribution in [-0.2, 0) is 12.0 Å². The molecule has 0 radical (unpaired) electrons. The number of fused-ring (bicyclic) bond motifs is 4. The lowest BCUT2D eigenvalue weighted by molar-refractivity contribution is -0.767. The number of nitrogens with zero attached hydrogens (tertiary/aromatic N) is 1. The maximum absolute atomic E-state index is 2.91. The van der Waals surface area contributed by atoms with Crippen molar-refractivity contribution in [2.75, 3.05) is 0 Å². The van der Waals surface area contributed by atoms with E-state index in [-0.39, 0.29) is 0 Å². The van der Waals surface area contributed by atoms with Gasteiger partial charge in [0.2, 0.25) is 5.54 Å². The Morgan fingerprint density at radius 2 is 1.28 bits per heavy atom. The molecule has 2 fully saturated rings. The van der Waals surface area contributed by atoms with Crippen LogP contribution < -0.4 is 4.57 Å². The molecule has 1 aromatic heterocycles. The summed E-state index contributed by atoms with van der Waals surface area (Å²) in [6, 6.07) is 14.5. The van der Waals surface area contributed by atoms with Gasteiger partial charge in [-0.25, -0.2) is 0 Å². The third-order valence-electron chi connectivity index (χ3n) is 8.37. The van der Waals surface area contributed by atoms with Gasteiger partial charge in [0, 0.05) is 29.5 Å². The zero-order chi connectivity index (χ0) is 23.5. The zero-order valence-electron chi connectivity index (χ0n) is 22.2. The minimum Gasteiger partial charge on any atom is -0.189 e. The SMILES string of the molecule is CC.CC.CC.CC.c1cc2c3c(c1)C1CCCC1C31C3CCCC3c3cccc([n+]31)C2. The number of pyridine rings is 1. The highest BCUT2D eigenvalue weighted by molar-refractivity contribution is 5.52. The van der Waals surface area contributed by atoms with Gasteiger partial charge < -0.3 is 0 Å². The van der Waals surface area contributed by atoms with Gasteiger partial charge in [-0.3, -0.25) is 0 Å². The van der Waals surface area contributed by atoms with Crippen LogP contribution >= 0.6 is 0 Å². The Bertz CT molecular complexity index is 822. The van der Waals surface area contributed by atoms with Gasteiger partial charge in [0.1, 0.15) is 0 Å². The van der Waals surface area contributed by atoms with E-state index < -0.39 is 0 Å². The molecule has 32 heavy (non-hydrogen) atoms. The van der Waals surface area contributed by atoms with Crippen molar-refractivity contribution in [1.29, 1.82) is 0 Å². The molecule has 1 heteroatoms. The van der Waals surface area contributed by atoms with E-state index in [1.807, 2.05) is 55.4 Å². The maximum Gasteiger partial charge on any atom is 0.201 e. The van der Waals surface area contributed by atoms with Crippen molar-refractivity contribution >= 4 is 0 Å². The normalized spacial score (nSPS) is 30.4. The smallest absolute Gasteiger partial charge is 0.189 e. The first kappa shape index (κ1) is 25.0. The first-order chi connectivity index (χ1) is 15.9. The summed E-state index contributed by atoms with van der Waals surface area (Å²) in [5.74, 6) is 3.40. The molecule has 176 valence electrons. The highest BCUT2D eigenvalue weighted by Crippen LogP contribution is 2.67. The number of hydrogen-bond acceptors (Lipinski definition) is 0. The van der Waals surface area contributed by atoms with Crippen LogP contribution in [0.15, 0.2) is 36.4 Å². The third-order valence-corrected chi connectivity index (χ3v) is 8.37. The fraction of sp³-hybridized carbons (Fsp3) is 0.645. The van der Waals surface area contributed by atoms with Gasteiger partial charge in [-0.15, -0.1) is 0 Å². The summed E-state index contributed by atoms with van der Waals surface area (Å²) in [4.78, 5) is 0. The van der Waals surface area contributed by atoms with E-state index in [1.54, 1.807) is 28.1 Å². The second-order valence-corrected chi connectivity index (χ2v) is 8.95. The lowest BCUT2D eigenvalue weighted by Gasteiger charge is -2.37. The monoisotopic (exact) mass is 434 g/mol. The van der Waals surface area contributed by atoms with Gasteiger partial charge in [-0.2, -0.15) is 4.57 Å². The Balaban J connectivity index is 0.000000330. The van der Waals surface area contributed by atoms with E-state index in [1.165, 1.54) is 38.5 Å². The summed E-state index contributed by atoms with van der Waals surface area (Å²) in [6.45, 7) is 16.0. The molecule has 5 unspecified atom stereocenters. The minimum atomic E-state index is 0.332. The number of hydrogen-bond donors (Lipinski definition) is 0. The van der Waals surface area contributed by atoms with Crippen LogP contribution in [0.5, 0.6) is 0 Å². The van der Waals surface area contributed by atoms with Gasteiger partial charge in [-0.05, 0) is 48.8 Å². The van der Waals surface area contributed by atoms with Crippen molar-refractivity contribution in [2.24, 2.45) is 11.8 Å². The molecule has 0 amide bonds. The molecule has 5 aliphatic rings. The van der Waals surface area contributed by atoms with Gasteiger partial charge in [0.15, 0.2) is 11.4 Å². The predicted octanol–water partition coefficient (Wildman–Crippen LogP) is 8.52. The van der Waals surface area contributed by atoms with Crippen molar-refractivity contribution in [3.63, 3.8) is 0 Å². The third kappa shape index (κ3) is 3.13. The second-order valence-electron chi connectivity index (χ2n) is 8.95. The lowest BCUT2D eigenvalue weighted by Crippen LogP contribution is -2.64. The van der Waals surface area contributed by atoms with E-state index in [0.717, 1.165) is 30.1 Å². The average molecular weight is 435 g/mol. The Kier molecular flexibility index (Phi) is 8.23. The molecule has 1 nitrogen and oxygen atoms in total. The maximum atomic E-state index is 2.91. The van der Waals surface area contributed by atoms with E-state index >= 15 is 0 Å². The Morgan fingerprint density at radius 3 is 1.97 bits per heavy atom. The molecule has 5 atom stereocenters. The van der Waals surface area contributed by atoms with Crippen LogP contribution in [0.3, 0.4) is 0 Å². The van der Waals surface area contributed by atoms with Crippen LogP contribution in [0.1, 0.15) is 134 Å². The topological polar surface area (TPSA) is 3.88 Å². The fourth-order valence-electron chi connectivity index (χ4n) is 8.00. The van der Waals surface area contributed by atoms with Crippen LogP contribution in [0, 0.1) is 11.8 Å². The first-order valence-electron chi connectivity index (χ1n) is 14.1. The molecule has 2 saturated carbocycles. The van der Waals surface area contributed by atoms with Gasteiger partial charge in [0.05, 0.1) is 12.3 Å². The number of benzene rings is 1. The standard InChI is InChI=1S/C23H24N.4C2H6/c1-5-14-13-15-6-2-12-21-18-9-4-11-20(18)23(24(15)21)19-10-3-7-16(19)17(8-1)22(14)23;4*1-2/h1-2,5-6,8,12,16,18-20H,3-4,7,9-11,13H2;4*1-2H3/q+1;;;;. The largest absolute Gasteiger partial charge is 0.201 e. The minimum absolute atomic E-state index is 0.332. The van der Waals surface area contributed by atoms with Gasteiger partial charge in [0.25, 0.3) is 0 Å². The van der Waals surface area contributed by atoms with Crippen molar-refractivity contribution in [3.05, 3.63) is 64.5 Å². The second kappa shape index (κ2) is 10.5. The fourth-order valence-corrected chi connectivity index (χ4v) is 8.00. The lowest BCUT2D eigenvalue weighted by atomic mass is 9.68.